The number of piperidine rings is 1. The molecular formula is C12H17N5O3. The highest BCUT2D eigenvalue weighted by Gasteiger charge is 2.39. The standard InChI is InChI=1S/C12H17N5O3/c1-16-8-2-3-9(16)5-7(4-8)14-12(18)11-10(17(19)20)6-13-15-11/h6-9H,2-5H2,1H3,(H,13,15)(H,14,18). The Hall–Kier alpha value is -1.96. The number of rotatable bonds is 3. The zero-order valence-corrected chi connectivity index (χ0v) is 11.2. The first-order chi connectivity index (χ1) is 9.56. The minimum atomic E-state index is -0.600. The van der Waals surface area contributed by atoms with Crippen molar-refractivity contribution < 1.29 is 9.72 Å². The van der Waals surface area contributed by atoms with Crippen LogP contribution in [0.5, 0.6) is 0 Å². The molecule has 1 aromatic rings. The summed E-state index contributed by atoms with van der Waals surface area (Å²) in [5.41, 5.74) is -0.348. The molecule has 0 spiro atoms. The molecule has 2 unspecified atom stereocenters. The number of H-pyrrole nitrogens is 1. The number of carbonyl (C=O) groups is 1. The molecular weight excluding hydrogens is 262 g/mol. The lowest BCUT2D eigenvalue weighted by molar-refractivity contribution is -0.385. The second-order valence-electron chi connectivity index (χ2n) is 5.58. The summed E-state index contributed by atoms with van der Waals surface area (Å²) in [4.78, 5) is 24.7. The molecule has 2 bridgehead atoms. The first kappa shape index (κ1) is 13.0. The molecule has 2 aliphatic rings. The van der Waals surface area contributed by atoms with E-state index in [0.29, 0.717) is 12.1 Å². The van der Waals surface area contributed by atoms with Gasteiger partial charge < -0.3 is 10.2 Å². The molecule has 2 aliphatic heterocycles. The van der Waals surface area contributed by atoms with Crippen molar-refractivity contribution in [2.75, 3.05) is 7.05 Å². The summed E-state index contributed by atoms with van der Waals surface area (Å²) in [6.45, 7) is 0. The van der Waals surface area contributed by atoms with Crippen LogP contribution in [0.4, 0.5) is 5.69 Å². The van der Waals surface area contributed by atoms with Crippen molar-refractivity contribution in [3.05, 3.63) is 22.0 Å². The van der Waals surface area contributed by atoms with Crippen LogP contribution in [0.15, 0.2) is 6.20 Å². The number of fused-ring (bicyclic) bond motifs is 2. The highest BCUT2D eigenvalue weighted by atomic mass is 16.6. The number of aromatic amines is 1. The minimum Gasteiger partial charge on any atom is -0.348 e. The molecule has 0 saturated carbocycles. The second-order valence-corrected chi connectivity index (χ2v) is 5.58. The maximum absolute atomic E-state index is 12.1. The summed E-state index contributed by atoms with van der Waals surface area (Å²) in [7, 11) is 2.13. The van der Waals surface area contributed by atoms with E-state index in [0.717, 1.165) is 31.9 Å². The number of nitro groups is 1. The molecule has 2 atom stereocenters. The fourth-order valence-electron chi connectivity index (χ4n) is 3.37. The molecule has 3 heterocycles. The van der Waals surface area contributed by atoms with Crippen LogP contribution in [0.2, 0.25) is 0 Å². The molecule has 8 nitrogen and oxygen atoms in total. The van der Waals surface area contributed by atoms with E-state index < -0.39 is 10.8 Å². The third-order valence-corrected chi connectivity index (χ3v) is 4.48. The Bertz CT molecular complexity index is 529. The highest BCUT2D eigenvalue weighted by molar-refractivity contribution is 5.96. The quantitative estimate of drug-likeness (QED) is 0.625. The van der Waals surface area contributed by atoms with Gasteiger partial charge in [0.1, 0.15) is 6.20 Å². The SMILES string of the molecule is CN1C2CCC1CC(NC(=O)c1[nH]ncc1[N+](=O)[O-])C2. The first-order valence-electron chi connectivity index (χ1n) is 6.77. The Morgan fingerprint density at radius 1 is 1.50 bits per heavy atom. The van der Waals surface area contributed by atoms with Crippen LogP contribution in [-0.4, -0.2) is 51.1 Å². The van der Waals surface area contributed by atoms with Crippen molar-refractivity contribution in [3.8, 4) is 0 Å². The molecule has 1 aromatic heterocycles. The maximum Gasteiger partial charge on any atom is 0.319 e. The third kappa shape index (κ3) is 2.15. The lowest BCUT2D eigenvalue weighted by Gasteiger charge is -2.36. The summed E-state index contributed by atoms with van der Waals surface area (Å²) >= 11 is 0. The average Bonchev–Trinajstić information content (AvgIpc) is 2.94. The van der Waals surface area contributed by atoms with E-state index in [1.165, 1.54) is 0 Å². The topological polar surface area (TPSA) is 104 Å². The van der Waals surface area contributed by atoms with Crippen LogP contribution in [-0.2, 0) is 0 Å². The van der Waals surface area contributed by atoms with Crippen LogP contribution < -0.4 is 5.32 Å². The summed E-state index contributed by atoms with van der Waals surface area (Å²) in [6, 6.07) is 1.10. The summed E-state index contributed by atoms with van der Waals surface area (Å²) in [6.07, 6.45) is 5.20. The molecule has 2 saturated heterocycles. The largest absolute Gasteiger partial charge is 0.348 e. The number of hydrogen-bond donors (Lipinski definition) is 2. The predicted molar refractivity (Wildman–Crippen MR) is 70.3 cm³/mol. The lowest BCUT2D eigenvalue weighted by atomic mass is 9.98. The van der Waals surface area contributed by atoms with Crippen molar-refractivity contribution >= 4 is 11.6 Å². The van der Waals surface area contributed by atoms with Crippen molar-refractivity contribution in [3.63, 3.8) is 0 Å². The number of aromatic nitrogens is 2. The molecule has 0 aromatic carbocycles. The van der Waals surface area contributed by atoms with E-state index in [9.17, 15) is 14.9 Å². The normalized spacial score (nSPS) is 29.4. The van der Waals surface area contributed by atoms with Crippen LogP contribution >= 0.6 is 0 Å². The molecule has 8 heteroatoms. The Morgan fingerprint density at radius 3 is 2.75 bits per heavy atom. The Kier molecular flexibility index (Phi) is 3.17. The van der Waals surface area contributed by atoms with Crippen molar-refractivity contribution in [1.82, 2.24) is 20.4 Å². The van der Waals surface area contributed by atoms with Crippen molar-refractivity contribution in [2.45, 2.75) is 43.8 Å². The van der Waals surface area contributed by atoms with E-state index in [2.05, 4.69) is 27.5 Å². The molecule has 1 amide bonds. The van der Waals surface area contributed by atoms with E-state index in [-0.39, 0.29) is 17.4 Å². The zero-order chi connectivity index (χ0) is 14.3. The molecule has 0 radical (unpaired) electrons. The van der Waals surface area contributed by atoms with Crippen LogP contribution in [0.25, 0.3) is 0 Å². The molecule has 2 fully saturated rings. The zero-order valence-electron chi connectivity index (χ0n) is 11.2. The number of nitrogens with zero attached hydrogens (tertiary/aromatic N) is 3. The minimum absolute atomic E-state index is 0.0683. The third-order valence-electron chi connectivity index (χ3n) is 4.48. The molecule has 3 rings (SSSR count). The summed E-state index contributed by atoms with van der Waals surface area (Å²) < 4.78 is 0. The van der Waals surface area contributed by atoms with Gasteiger partial charge in [0.15, 0.2) is 0 Å². The monoisotopic (exact) mass is 279 g/mol. The van der Waals surface area contributed by atoms with Gasteiger partial charge in [-0.1, -0.05) is 0 Å². The van der Waals surface area contributed by atoms with E-state index in [4.69, 9.17) is 0 Å². The Labute approximate surface area is 115 Å². The van der Waals surface area contributed by atoms with Gasteiger partial charge in [-0.3, -0.25) is 20.0 Å². The molecule has 0 aliphatic carbocycles. The number of nitrogens with one attached hydrogen (secondary N) is 2. The Morgan fingerprint density at radius 2 is 2.15 bits per heavy atom. The smallest absolute Gasteiger partial charge is 0.319 e. The molecule has 20 heavy (non-hydrogen) atoms. The van der Waals surface area contributed by atoms with Crippen LogP contribution in [0, 0.1) is 10.1 Å². The lowest BCUT2D eigenvalue weighted by Crippen LogP contribution is -2.48. The fraction of sp³-hybridized carbons (Fsp3) is 0.667. The van der Waals surface area contributed by atoms with Gasteiger partial charge in [-0.15, -0.1) is 0 Å². The van der Waals surface area contributed by atoms with Gasteiger partial charge in [-0.05, 0) is 32.7 Å². The summed E-state index contributed by atoms with van der Waals surface area (Å²) in [5.74, 6) is -0.442. The van der Waals surface area contributed by atoms with E-state index >= 15 is 0 Å². The first-order valence-corrected chi connectivity index (χ1v) is 6.77. The van der Waals surface area contributed by atoms with Crippen LogP contribution in [0.1, 0.15) is 36.2 Å². The van der Waals surface area contributed by atoms with Crippen LogP contribution in [0.3, 0.4) is 0 Å². The van der Waals surface area contributed by atoms with Gasteiger partial charge in [0, 0.05) is 18.1 Å². The number of carbonyl (C=O) groups excluding carboxylic acids is 1. The van der Waals surface area contributed by atoms with Gasteiger partial charge in [0.2, 0.25) is 5.69 Å². The van der Waals surface area contributed by atoms with Gasteiger partial charge in [-0.2, -0.15) is 5.10 Å². The van der Waals surface area contributed by atoms with Gasteiger partial charge in [0.05, 0.1) is 4.92 Å². The molecule has 108 valence electrons. The van der Waals surface area contributed by atoms with Gasteiger partial charge in [0.25, 0.3) is 5.91 Å². The average molecular weight is 279 g/mol. The molecule has 2 N–H and O–H groups in total. The van der Waals surface area contributed by atoms with Gasteiger partial charge >= 0.3 is 5.69 Å². The predicted octanol–water partition coefficient (Wildman–Crippen LogP) is 0.673. The number of hydrogen-bond acceptors (Lipinski definition) is 5. The maximum atomic E-state index is 12.1. The van der Waals surface area contributed by atoms with Crippen molar-refractivity contribution in [2.24, 2.45) is 0 Å². The van der Waals surface area contributed by atoms with Gasteiger partial charge in [-0.25, -0.2) is 0 Å². The highest BCUT2D eigenvalue weighted by Crippen LogP contribution is 2.34. The van der Waals surface area contributed by atoms with E-state index in [1.807, 2.05) is 0 Å². The number of amides is 1. The second kappa shape index (κ2) is 4.86. The summed E-state index contributed by atoms with van der Waals surface area (Å²) in [5, 5.41) is 19.7. The Balaban J connectivity index is 1.68. The fourth-order valence-corrected chi connectivity index (χ4v) is 3.37. The van der Waals surface area contributed by atoms with Crippen molar-refractivity contribution in [1.29, 1.82) is 0 Å². The van der Waals surface area contributed by atoms with E-state index in [1.54, 1.807) is 0 Å².